The highest BCUT2D eigenvalue weighted by Gasteiger charge is 2.38. The molecule has 0 aromatic carbocycles. The molecule has 0 spiro atoms. The third-order valence-electron chi connectivity index (χ3n) is 6.84. The summed E-state index contributed by atoms with van der Waals surface area (Å²) in [6.07, 6.45) is 11.1. The summed E-state index contributed by atoms with van der Waals surface area (Å²) in [6, 6.07) is 8.13. The Labute approximate surface area is 210 Å². The minimum absolute atomic E-state index is 0.139. The van der Waals surface area contributed by atoms with Gasteiger partial charge in [0, 0.05) is 18.8 Å². The number of carbonyl (C=O) groups excluding carboxylic acids is 1. The zero-order valence-corrected chi connectivity index (χ0v) is 21.1. The third kappa shape index (κ3) is 5.54. The minimum atomic E-state index is -1.73. The molecule has 1 unspecified atom stereocenters. The van der Waals surface area contributed by atoms with Gasteiger partial charge >= 0.3 is 5.97 Å². The van der Waals surface area contributed by atoms with E-state index in [1.54, 1.807) is 13.1 Å². The lowest BCUT2D eigenvalue weighted by atomic mass is 9.89. The first-order valence-electron chi connectivity index (χ1n) is 12.6. The zero-order chi connectivity index (χ0) is 24.4. The monoisotopic (exact) mass is 492 g/mol. The molecule has 2 fully saturated rings. The predicted octanol–water partition coefficient (Wildman–Crippen LogP) is 6.21. The Balaban J connectivity index is 1.34. The summed E-state index contributed by atoms with van der Waals surface area (Å²) >= 11 is 1.30. The van der Waals surface area contributed by atoms with Crippen molar-refractivity contribution >= 4 is 28.9 Å². The average Bonchev–Trinajstić information content (AvgIpc) is 3.60. The van der Waals surface area contributed by atoms with Crippen LogP contribution in [0.25, 0.3) is 10.6 Å². The summed E-state index contributed by atoms with van der Waals surface area (Å²) in [5.74, 6) is -0.0644. The summed E-state index contributed by atoms with van der Waals surface area (Å²) in [5, 5.41) is 14.9. The van der Waals surface area contributed by atoms with Crippen molar-refractivity contribution in [3.63, 3.8) is 0 Å². The number of nitrogens with zero attached hydrogens (tertiary/aromatic N) is 3. The lowest BCUT2D eigenvalue weighted by Gasteiger charge is -2.28. The first-order chi connectivity index (χ1) is 16.9. The lowest BCUT2D eigenvalue weighted by molar-refractivity contribution is -0.221. The third-order valence-corrected chi connectivity index (χ3v) is 7.99. The summed E-state index contributed by atoms with van der Waals surface area (Å²) in [7, 11) is 0. The van der Waals surface area contributed by atoms with Crippen LogP contribution in [-0.2, 0) is 15.3 Å². The smallest absolute Gasteiger partial charge is 0.311 e. The van der Waals surface area contributed by atoms with Crippen LogP contribution >= 0.6 is 11.3 Å². The summed E-state index contributed by atoms with van der Waals surface area (Å²) < 4.78 is 5.65. The molecule has 3 heterocycles. The van der Waals surface area contributed by atoms with Gasteiger partial charge in [0.25, 0.3) is 5.79 Å². The Kier molecular flexibility index (Phi) is 6.84. The van der Waals surface area contributed by atoms with Gasteiger partial charge in [-0.05, 0) is 73.9 Å². The van der Waals surface area contributed by atoms with Crippen LogP contribution in [0.15, 0.2) is 36.7 Å². The zero-order valence-electron chi connectivity index (χ0n) is 20.3. The van der Waals surface area contributed by atoms with E-state index in [2.05, 4.69) is 27.4 Å². The number of thiazole rings is 1. The Morgan fingerprint density at radius 2 is 1.94 bits per heavy atom. The Hall–Kier alpha value is -2.84. The van der Waals surface area contributed by atoms with Crippen molar-refractivity contribution in [3.8, 4) is 10.6 Å². The SMILES string of the molecule is CCC(O)(OC(=O)C1CCCCC1)c1ncc(-c2cc(C)cc(Nc3cc(C4CC4)ccn3)n2)s1. The fraction of sp³-hybridized carbons (Fsp3) is 0.481. The van der Waals surface area contributed by atoms with Crippen molar-refractivity contribution in [2.75, 3.05) is 5.32 Å². The Morgan fingerprint density at radius 3 is 2.69 bits per heavy atom. The molecule has 2 aliphatic carbocycles. The van der Waals surface area contributed by atoms with E-state index < -0.39 is 5.79 Å². The molecular formula is C27H32N4O3S. The van der Waals surface area contributed by atoms with Gasteiger partial charge in [-0.3, -0.25) is 4.79 Å². The average molecular weight is 493 g/mol. The van der Waals surface area contributed by atoms with Crippen LogP contribution in [0.5, 0.6) is 0 Å². The van der Waals surface area contributed by atoms with E-state index in [0.29, 0.717) is 16.7 Å². The second kappa shape index (κ2) is 10.0. The summed E-state index contributed by atoms with van der Waals surface area (Å²) in [4.78, 5) is 27.2. The number of aliphatic hydroxyl groups is 1. The molecule has 2 N–H and O–H groups in total. The van der Waals surface area contributed by atoms with Crippen LogP contribution in [0.3, 0.4) is 0 Å². The lowest BCUT2D eigenvalue weighted by Crippen LogP contribution is -2.34. The predicted molar refractivity (Wildman–Crippen MR) is 136 cm³/mol. The van der Waals surface area contributed by atoms with E-state index in [4.69, 9.17) is 9.72 Å². The van der Waals surface area contributed by atoms with Crippen LogP contribution < -0.4 is 5.32 Å². The van der Waals surface area contributed by atoms with E-state index in [0.717, 1.165) is 54.1 Å². The molecule has 0 amide bonds. The maximum absolute atomic E-state index is 12.7. The van der Waals surface area contributed by atoms with E-state index in [9.17, 15) is 9.90 Å². The number of carbonyl (C=O) groups is 1. The standard InChI is InChI=1S/C27H32N4O3S/c1-3-27(33,34-25(32)19-7-5-4-6-8-19)26-29-16-22(35-26)21-13-17(2)14-24(30-21)31-23-15-20(11-12-28-23)18-9-10-18/h11-16,18-19,33H,3-10H2,1-2H3,(H,28,30,31). The molecular weight excluding hydrogens is 460 g/mol. The normalized spacial score (nSPS) is 18.1. The molecule has 2 aliphatic rings. The highest BCUT2D eigenvalue weighted by Crippen LogP contribution is 2.41. The molecule has 8 heteroatoms. The Morgan fingerprint density at radius 1 is 1.14 bits per heavy atom. The Bertz CT molecular complexity index is 1200. The summed E-state index contributed by atoms with van der Waals surface area (Å²) in [6.45, 7) is 3.81. The highest BCUT2D eigenvalue weighted by atomic mass is 32.1. The van der Waals surface area contributed by atoms with Gasteiger partial charge in [0.2, 0.25) is 0 Å². The van der Waals surface area contributed by atoms with Crippen molar-refractivity contribution in [2.24, 2.45) is 5.92 Å². The molecule has 7 nitrogen and oxygen atoms in total. The minimum Gasteiger partial charge on any atom is -0.426 e. The number of rotatable bonds is 8. The van der Waals surface area contributed by atoms with Crippen LogP contribution in [0.1, 0.15) is 80.3 Å². The molecule has 0 saturated heterocycles. The largest absolute Gasteiger partial charge is 0.426 e. The molecule has 0 bridgehead atoms. The van der Waals surface area contributed by atoms with Gasteiger partial charge in [-0.25, -0.2) is 15.0 Å². The number of hydrogen-bond acceptors (Lipinski definition) is 8. The maximum atomic E-state index is 12.7. The molecule has 35 heavy (non-hydrogen) atoms. The van der Waals surface area contributed by atoms with Gasteiger partial charge < -0.3 is 15.2 Å². The quantitative estimate of drug-likeness (QED) is 0.285. The van der Waals surface area contributed by atoms with E-state index in [-0.39, 0.29) is 18.3 Å². The van der Waals surface area contributed by atoms with Crippen molar-refractivity contribution in [1.82, 2.24) is 15.0 Å². The number of anilines is 2. The fourth-order valence-electron chi connectivity index (χ4n) is 4.60. The number of esters is 1. The van der Waals surface area contributed by atoms with E-state index in [1.165, 1.54) is 29.7 Å². The van der Waals surface area contributed by atoms with Crippen molar-refractivity contribution in [2.45, 2.75) is 76.9 Å². The van der Waals surface area contributed by atoms with Crippen LogP contribution in [-0.4, -0.2) is 26.0 Å². The number of aryl methyl sites for hydroxylation is 1. The number of hydrogen-bond donors (Lipinski definition) is 2. The first kappa shape index (κ1) is 23.9. The molecule has 0 aliphatic heterocycles. The van der Waals surface area contributed by atoms with Gasteiger partial charge in [-0.2, -0.15) is 0 Å². The van der Waals surface area contributed by atoms with Crippen LogP contribution in [0.4, 0.5) is 11.6 Å². The molecule has 0 radical (unpaired) electrons. The van der Waals surface area contributed by atoms with E-state index >= 15 is 0 Å². The van der Waals surface area contributed by atoms with Gasteiger partial charge in [-0.1, -0.05) is 26.2 Å². The van der Waals surface area contributed by atoms with Crippen molar-refractivity contribution in [1.29, 1.82) is 0 Å². The molecule has 184 valence electrons. The van der Waals surface area contributed by atoms with Gasteiger partial charge in [-0.15, -0.1) is 11.3 Å². The molecule has 3 aromatic heterocycles. The molecule has 5 rings (SSSR count). The number of aromatic nitrogens is 3. The summed E-state index contributed by atoms with van der Waals surface area (Å²) in [5.41, 5.74) is 3.09. The second-order valence-corrected chi connectivity index (χ2v) is 10.7. The number of pyridine rings is 2. The van der Waals surface area contributed by atoms with Crippen molar-refractivity contribution in [3.05, 3.63) is 52.8 Å². The van der Waals surface area contributed by atoms with Crippen molar-refractivity contribution < 1.29 is 14.6 Å². The number of ether oxygens (including phenoxy) is 1. The first-order valence-corrected chi connectivity index (χ1v) is 13.4. The highest BCUT2D eigenvalue weighted by molar-refractivity contribution is 7.15. The maximum Gasteiger partial charge on any atom is 0.311 e. The molecule has 3 aromatic rings. The van der Waals surface area contributed by atoms with Gasteiger partial charge in [0.15, 0.2) is 5.01 Å². The molecule has 1 atom stereocenters. The van der Waals surface area contributed by atoms with Crippen LogP contribution in [0.2, 0.25) is 0 Å². The number of nitrogens with one attached hydrogen (secondary N) is 1. The van der Waals surface area contributed by atoms with Crippen LogP contribution in [0, 0.1) is 12.8 Å². The van der Waals surface area contributed by atoms with Gasteiger partial charge in [0.1, 0.15) is 11.6 Å². The molecule has 2 saturated carbocycles. The fourth-order valence-corrected chi connectivity index (χ4v) is 5.58. The second-order valence-electron chi connectivity index (χ2n) is 9.71. The van der Waals surface area contributed by atoms with Gasteiger partial charge in [0.05, 0.1) is 16.5 Å². The topological polar surface area (TPSA) is 97.2 Å². The van der Waals surface area contributed by atoms with E-state index in [1.807, 2.05) is 25.3 Å².